The van der Waals surface area contributed by atoms with E-state index in [1.54, 1.807) is 38.6 Å². The van der Waals surface area contributed by atoms with E-state index in [0.717, 1.165) is 22.3 Å². The molecule has 0 saturated carbocycles. The maximum absolute atomic E-state index is 13.2. The van der Waals surface area contributed by atoms with Gasteiger partial charge in [-0.15, -0.1) is 0 Å². The van der Waals surface area contributed by atoms with E-state index in [1.807, 2.05) is 91.0 Å². The molecule has 1 aromatic heterocycles. The largest absolute Gasteiger partial charge is 0.497 e. The molecule has 5 aromatic rings. The zero-order valence-corrected chi connectivity index (χ0v) is 29.7. The number of hydrogen-bond donors (Lipinski definition) is 2. The van der Waals surface area contributed by atoms with Crippen molar-refractivity contribution in [2.75, 3.05) is 39.4 Å². The number of amides is 1. The average Bonchev–Trinajstić information content (AvgIpc) is 3.15. The Morgan fingerprint density at radius 2 is 1.33 bits per heavy atom. The number of nitrogens with zero attached hydrogens (tertiary/aromatic N) is 2. The quantitative estimate of drug-likeness (QED) is 0.125. The fourth-order valence-corrected chi connectivity index (χ4v) is 5.83. The van der Waals surface area contributed by atoms with E-state index < -0.39 is 17.4 Å². The third-order valence-corrected chi connectivity index (χ3v) is 8.63. The number of aliphatic hydroxyl groups excluding tert-OH is 1. The molecule has 51 heavy (non-hydrogen) atoms. The van der Waals surface area contributed by atoms with Crippen LogP contribution < -0.4 is 20.5 Å². The number of carbonyl (C=O) groups excluding carboxylic acids is 1. The average molecular weight is 692 g/mol. The molecule has 0 aliphatic rings. The Morgan fingerprint density at radius 1 is 0.784 bits per heavy atom. The second kappa shape index (κ2) is 16.6. The van der Waals surface area contributed by atoms with Gasteiger partial charge in [-0.2, -0.15) is 4.98 Å². The van der Waals surface area contributed by atoms with E-state index >= 15 is 0 Å². The fourth-order valence-electron chi connectivity index (χ4n) is 5.83. The van der Waals surface area contributed by atoms with Crippen molar-refractivity contribution < 1.29 is 28.8 Å². The number of aliphatic hydroxyl groups is 1. The monoisotopic (exact) mass is 691 g/mol. The minimum absolute atomic E-state index is 0.0295. The summed E-state index contributed by atoms with van der Waals surface area (Å²) in [5, 5.41) is 12.4. The van der Waals surface area contributed by atoms with Crippen LogP contribution in [0.15, 0.2) is 120 Å². The summed E-state index contributed by atoms with van der Waals surface area (Å²) >= 11 is 0. The van der Waals surface area contributed by atoms with Crippen molar-refractivity contribution in [2.45, 2.75) is 44.4 Å². The second-order valence-corrected chi connectivity index (χ2v) is 13.1. The van der Waals surface area contributed by atoms with Gasteiger partial charge < -0.3 is 29.4 Å². The minimum atomic E-state index is -1.11. The standard InChI is InChI=1S/C41H45N3O7/c1-40(2,3)30-13-11-29(12-14-30)38(46)42-37-23-24-44(39(47)43-37)27-36(50-26-25-45)28-51-41(31-9-7-6-8-10-31,32-15-19-34(48-4)20-16-32)33-17-21-35(49-5)22-18-33/h6-24,36,45H,25-28H2,1-5H3,(H,42,43,46,47)/t36-/m0/s1. The van der Waals surface area contributed by atoms with E-state index in [2.05, 4.69) is 31.1 Å². The highest BCUT2D eigenvalue weighted by molar-refractivity contribution is 6.03. The summed E-state index contributed by atoms with van der Waals surface area (Å²) in [6.45, 7) is 6.23. The summed E-state index contributed by atoms with van der Waals surface area (Å²) in [7, 11) is 3.23. The van der Waals surface area contributed by atoms with Crippen molar-refractivity contribution in [3.63, 3.8) is 0 Å². The van der Waals surface area contributed by atoms with E-state index in [1.165, 1.54) is 4.57 Å². The molecular weight excluding hydrogens is 646 g/mol. The van der Waals surface area contributed by atoms with Crippen molar-refractivity contribution in [3.8, 4) is 11.5 Å². The molecule has 0 fully saturated rings. The van der Waals surface area contributed by atoms with E-state index in [9.17, 15) is 14.7 Å². The summed E-state index contributed by atoms with van der Waals surface area (Å²) in [5.41, 5.74) is 2.39. The third kappa shape index (κ3) is 8.90. The minimum Gasteiger partial charge on any atom is -0.497 e. The van der Waals surface area contributed by atoms with Crippen LogP contribution in [0.4, 0.5) is 5.82 Å². The summed E-state index contributed by atoms with van der Waals surface area (Å²) < 4.78 is 25.3. The van der Waals surface area contributed by atoms with Gasteiger partial charge in [0.1, 0.15) is 22.9 Å². The lowest BCUT2D eigenvalue weighted by molar-refractivity contribution is -0.0756. The summed E-state index contributed by atoms with van der Waals surface area (Å²) in [6, 6.07) is 34.1. The van der Waals surface area contributed by atoms with Crippen molar-refractivity contribution >= 4 is 11.7 Å². The summed E-state index contributed by atoms with van der Waals surface area (Å²) in [4.78, 5) is 30.3. The Bertz CT molecular complexity index is 1870. The molecular formula is C41H45N3O7. The molecule has 5 rings (SSSR count). The Morgan fingerprint density at radius 3 is 1.84 bits per heavy atom. The van der Waals surface area contributed by atoms with Crippen LogP contribution in [0, 0.1) is 0 Å². The predicted octanol–water partition coefficient (Wildman–Crippen LogP) is 6.20. The normalized spacial score (nSPS) is 12.3. The van der Waals surface area contributed by atoms with Crippen LogP contribution >= 0.6 is 0 Å². The van der Waals surface area contributed by atoms with Gasteiger partial charge in [0, 0.05) is 11.8 Å². The Hall–Kier alpha value is -5.29. The number of carbonyl (C=O) groups is 1. The van der Waals surface area contributed by atoms with Gasteiger partial charge in [0.15, 0.2) is 0 Å². The molecule has 0 radical (unpaired) electrons. The molecule has 0 saturated heterocycles. The fraction of sp³-hybridized carbons (Fsp3) is 0.293. The predicted molar refractivity (Wildman–Crippen MR) is 197 cm³/mol. The number of rotatable bonds is 15. The number of anilines is 1. The van der Waals surface area contributed by atoms with Gasteiger partial charge in [0.25, 0.3) is 5.91 Å². The lowest BCUT2D eigenvalue weighted by Crippen LogP contribution is -2.39. The van der Waals surface area contributed by atoms with E-state index in [4.69, 9.17) is 18.9 Å². The Balaban J connectivity index is 1.42. The first-order valence-electron chi connectivity index (χ1n) is 16.8. The smallest absolute Gasteiger partial charge is 0.349 e. The molecule has 0 unspecified atom stereocenters. The first kappa shape index (κ1) is 37.0. The first-order valence-corrected chi connectivity index (χ1v) is 16.8. The highest BCUT2D eigenvalue weighted by Crippen LogP contribution is 2.42. The molecule has 10 heteroatoms. The SMILES string of the molecule is COc1ccc(C(OC[C@H](Cn2ccc(NC(=O)c3ccc(C(C)(C)C)cc3)nc2=O)OCCO)(c2ccccc2)c2ccc(OC)cc2)cc1. The van der Waals surface area contributed by atoms with Crippen LogP contribution in [0.3, 0.4) is 0 Å². The van der Waals surface area contributed by atoms with Gasteiger partial charge in [-0.3, -0.25) is 9.36 Å². The number of ether oxygens (including phenoxy) is 4. The van der Waals surface area contributed by atoms with E-state index in [-0.39, 0.29) is 43.5 Å². The molecule has 1 atom stereocenters. The number of methoxy groups -OCH3 is 2. The highest BCUT2D eigenvalue weighted by atomic mass is 16.5. The zero-order chi connectivity index (χ0) is 36.4. The van der Waals surface area contributed by atoms with Gasteiger partial charge in [-0.1, -0.05) is 87.5 Å². The van der Waals surface area contributed by atoms with Gasteiger partial charge in [0.05, 0.1) is 46.7 Å². The van der Waals surface area contributed by atoms with Gasteiger partial charge in [-0.25, -0.2) is 4.79 Å². The number of benzene rings is 4. The lowest BCUT2D eigenvalue weighted by atomic mass is 9.80. The number of aromatic nitrogens is 2. The molecule has 1 amide bonds. The van der Waals surface area contributed by atoms with Gasteiger partial charge in [-0.05, 0) is 70.1 Å². The summed E-state index contributed by atoms with van der Waals surface area (Å²) in [6.07, 6.45) is 0.887. The van der Waals surface area contributed by atoms with Crippen LogP contribution in [-0.2, 0) is 27.0 Å². The van der Waals surface area contributed by atoms with Gasteiger partial charge in [0.2, 0.25) is 0 Å². The maximum Gasteiger partial charge on any atom is 0.349 e. The van der Waals surface area contributed by atoms with Crippen LogP contribution in [0.5, 0.6) is 11.5 Å². The van der Waals surface area contributed by atoms with Crippen molar-refractivity contribution in [1.29, 1.82) is 0 Å². The van der Waals surface area contributed by atoms with Crippen molar-refractivity contribution in [1.82, 2.24) is 9.55 Å². The Kier molecular flexibility index (Phi) is 12.0. The number of hydrogen-bond acceptors (Lipinski definition) is 8. The molecule has 2 N–H and O–H groups in total. The number of nitrogens with one attached hydrogen (secondary N) is 1. The maximum atomic E-state index is 13.2. The molecule has 0 spiro atoms. The highest BCUT2D eigenvalue weighted by Gasteiger charge is 2.38. The summed E-state index contributed by atoms with van der Waals surface area (Å²) in [5.74, 6) is 1.16. The van der Waals surface area contributed by atoms with Crippen molar-refractivity contribution in [2.24, 2.45) is 0 Å². The van der Waals surface area contributed by atoms with Crippen LogP contribution in [0.1, 0.15) is 53.4 Å². The zero-order valence-electron chi connectivity index (χ0n) is 29.7. The molecule has 10 nitrogen and oxygen atoms in total. The second-order valence-electron chi connectivity index (χ2n) is 13.1. The molecule has 0 aliphatic carbocycles. The molecule has 1 heterocycles. The molecule has 0 aliphatic heterocycles. The molecule has 0 bridgehead atoms. The van der Waals surface area contributed by atoms with Crippen LogP contribution in [0.25, 0.3) is 0 Å². The third-order valence-electron chi connectivity index (χ3n) is 8.63. The topological polar surface area (TPSA) is 121 Å². The van der Waals surface area contributed by atoms with Crippen LogP contribution in [0.2, 0.25) is 0 Å². The van der Waals surface area contributed by atoms with Crippen LogP contribution in [-0.4, -0.2) is 60.7 Å². The molecule has 4 aromatic carbocycles. The van der Waals surface area contributed by atoms with Gasteiger partial charge >= 0.3 is 5.69 Å². The van der Waals surface area contributed by atoms with E-state index in [0.29, 0.717) is 17.1 Å². The Labute approximate surface area is 298 Å². The first-order chi connectivity index (χ1) is 24.6. The molecule has 266 valence electrons. The van der Waals surface area contributed by atoms with Crippen molar-refractivity contribution in [3.05, 3.63) is 154 Å². The lowest BCUT2D eigenvalue weighted by Gasteiger charge is -2.37.